The van der Waals surface area contributed by atoms with E-state index in [1.807, 2.05) is 49.7 Å². The molecule has 0 atom stereocenters. The molecule has 116 valence electrons. The van der Waals surface area contributed by atoms with E-state index in [1.165, 1.54) is 11.1 Å². The number of fused-ring (bicyclic) bond motifs is 1. The maximum absolute atomic E-state index is 7.72. The Kier molecular flexibility index (Phi) is 3.89. The molecule has 4 nitrogen and oxygen atoms in total. The van der Waals surface area contributed by atoms with E-state index in [9.17, 15) is 0 Å². The van der Waals surface area contributed by atoms with E-state index in [-0.39, 0.29) is 5.84 Å². The lowest BCUT2D eigenvalue weighted by molar-refractivity contribution is 1.40. The largest absolute Gasteiger partial charge is 0.384 e. The predicted molar refractivity (Wildman–Crippen MR) is 97.9 cm³/mol. The Bertz CT molecular complexity index is 903. The van der Waals surface area contributed by atoms with Crippen molar-refractivity contribution in [2.24, 2.45) is 5.73 Å². The van der Waals surface area contributed by atoms with E-state index < -0.39 is 0 Å². The fraction of sp³-hybridized carbons (Fsp3) is 0.105. The van der Waals surface area contributed by atoms with Crippen molar-refractivity contribution in [1.29, 1.82) is 5.41 Å². The van der Waals surface area contributed by atoms with Crippen molar-refractivity contribution < 1.29 is 0 Å². The molecule has 3 rings (SSSR count). The number of nitrogen functional groups attached to an aromatic ring is 1. The third kappa shape index (κ3) is 2.59. The lowest BCUT2D eigenvalue weighted by Gasteiger charge is -2.13. The van der Waals surface area contributed by atoms with Crippen molar-refractivity contribution in [2.75, 3.05) is 5.32 Å². The van der Waals surface area contributed by atoms with Crippen molar-refractivity contribution in [2.45, 2.75) is 13.8 Å². The van der Waals surface area contributed by atoms with Gasteiger partial charge in [0.2, 0.25) is 0 Å². The summed E-state index contributed by atoms with van der Waals surface area (Å²) in [6, 6.07) is 12.2. The number of anilines is 1. The van der Waals surface area contributed by atoms with E-state index in [0.29, 0.717) is 0 Å². The number of rotatable bonds is 4. The molecule has 0 unspecified atom stereocenters. The van der Waals surface area contributed by atoms with Gasteiger partial charge < -0.3 is 16.0 Å². The van der Waals surface area contributed by atoms with Crippen molar-refractivity contribution >= 4 is 22.4 Å². The lowest BCUT2D eigenvalue weighted by Crippen LogP contribution is -2.11. The van der Waals surface area contributed by atoms with Crippen molar-refractivity contribution in [3.05, 3.63) is 66.0 Å². The molecular formula is C19H20N4. The summed E-state index contributed by atoms with van der Waals surface area (Å²) in [7, 11) is 0. The van der Waals surface area contributed by atoms with E-state index in [4.69, 9.17) is 11.1 Å². The Labute approximate surface area is 135 Å². The van der Waals surface area contributed by atoms with E-state index in [0.717, 1.165) is 27.7 Å². The zero-order valence-corrected chi connectivity index (χ0v) is 13.3. The molecule has 0 spiro atoms. The summed E-state index contributed by atoms with van der Waals surface area (Å²) in [4.78, 5) is 3.20. The van der Waals surface area contributed by atoms with Gasteiger partial charge in [0.15, 0.2) is 0 Å². The van der Waals surface area contributed by atoms with Crippen LogP contribution in [0, 0.1) is 12.3 Å². The van der Waals surface area contributed by atoms with Crippen LogP contribution in [0.4, 0.5) is 5.69 Å². The topological polar surface area (TPSA) is 77.7 Å². The third-order valence-electron chi connectivity index (χ3n) is 4.04. The van der Waals surface area contributed by atoms with Crippen LogP contribution in [0.15, 0.2) is 54.9 Å². The van der Waals surface area contributed by atoms with Crippen LogP contribution in [0.3, 0.4) is 0 Å². The molecule has 0 saturated heterocycles. The van der Waals surface area contributed by atoms with Gasteiger partial charge in [-0.2, -0.15) is 0 Å². The van der Waals surface area contributed by atoms with Crippen LogP contribution in [-0.2, 0) is 0 Å². The van der Waals surface area contributed by atoms with Gasteiger partial charge in [0, 0.05) is 22.8 Å². The van der Waals surface area contributed by atoms with Crippen molar-refractivity contribution in [3.63, 3.8) is 0 Å². The number of hydrogen-bond acceptors (Lipinski definition) is 2. The first kappa shape index (κ1) is 14.9. The van der Waals surface area contributed by atoms with E-state index in [1.54, 1.807) is 0 Å². The summed E-state index contributed by atoms with van der Waals surface area (Å²) >= 11 is 0. The second-order valence-corrected chi connectivity index (χ2v) is 5.46. The van der Waals surface area contributed by atoms with Crippen LogP contribution >= 0.6 is 0 Å². The van der Waals surface area contributed by atoms with Gasteiger partial charge in [-0.1, -0.05) is 24.3 Å². The number of nitrogens with two attached hydrogens (primary N) is 1. The lowest BCUT2D eigenvalue weighted by atomic mass is 9.94. The maximum Gasteiger partial charge on any atom is 0.124 e. The highest BCUT2D eigenvalue weighted by atomic mass is 14.8. The Morgan fingerprint density at radius 3 is 2.74 bits per heavy atom. The predicted octanol–water partition coefficient (Wildman–Crippen LogP) is 4.37. The second kappa shape index (κ2) is 6.01. The highest BCUT2D eigenvalue weighted by Gasteiger charge is 2.13. The molecule has 2 aromatic carbocycles. The van der Waals surface area contributed by atoms with Gasteiger partial charge >= 0.3 is 0 Å². The molecular weight excluding hydrogens is 284 g/mol. The smallest absolute Gasteiger partial charge is 0.124 e. The zero-order chi connectivity index (χ0) is 16.4. The highest BCUT2D eigenvalue weighted by Crippen LogP contribution is 2.34. The van der Waals surface area contributed by atoms with Crippen LogP contribution in [0.25, 0.3) is 22.0 Å². The molecule has 4 heteroatoms. The molecule has 3 aromatic rings. The molecule has 0 bridgehead atoms. The minimum absolute atomic E-state index is 0.0734. The minimum Gasteiger partial charge on any atom is -0.384 e. The quantitative estimate of drug-likeness (QED) is 0.426. The number of hydrogen-bond donors (Lipinski definition) is 4. The van der Waals surface area contributed by atoms with E-state index >= 15 is 0 Å². The Morgan fingerprint density at radius 2 is 2.00 bits per heavy atom. The Balaban J connectivity index is 2.20. The van der Waals surface area contributed by atoms with Gasteiger partial charge in [0.05, 0.1) is 5.52 Å². The third-order valence-corrected chi connectivity index (χ3v) is 4.04. The van der Waals surface area contributed by atoms with Gasteiger partial charge in [-0.05, 0) is 54.9 Å². The average Bonchev–Trinajstić information content (AvgIpc) is 3.02. The number of H-pyrrole nitrogens is 1. The summed E-state index contributed by atoms with van der Waals surface area (Å²) in [6.07, 6.45) is 5.78. The molecule has 0 radical (unpaired) electrons. The number of aromatic nitrogens is 1. The Hall–Kier alpha value is -3.01. The molecule has 0 aliphatic carbocycles. The van der Waals surface area contributed by atoms with Crippen LogP contribution in [-0.4, -0.2) is 10.8 Å². The van der Waals surface area contributed by atoms with E-state index in [2.05, 4.69) is 29.4 Å². The standard InChI is InChI=1S/C19H20N4/c1-3-10-22-17-6-4-5-13(12(17)2)14-7-8-16(19(20)21)18-15(14)9-11-23-18/h3-11,22-23H,1-2H3,(H3,20,21). The number of nitrogens with one attached hydrogen (secondary N) is 3. The summed E-state index contributed by atoms with van der Waals surface area (Å²) < 4.78 is 0. The average molecular weight is 304 g/mol. The van der Waals surface area contributed by atoms with Crippen molar-refractivity contribution in [1.82, 2.24) is 4.98 Å². The summed E-state index contributed by atoms with van der Waals surface area (Å²) in [6.45, 7) is 4.09. The summed E-state index contributed by atoms with van der Waals surface area (Å²) in [5, 5.41) is 12.1. The monoisotopic (exact) mass is 304 g/mol. The van der Waals surface area contributed by atoms with Gasteiger partial charge in [-0.15, -0.1) is 0 Å². The van der Waals surface area contributed by atoms with Crippen LogP contribution in [0.2, 0.25) is 0 Å². The second-order valence-electron chi connectivity index (χ2n) is 5.46. The molecule has 23 heavy (non-hydrogen) atoms. The summed E-state index contributed by atoms with van der Waals surface area (Å²) in [5.41, 5.74) is 11.9. The number of amidine groups is 1. The van der Waals surface area contributed by atoms with Crippen LogP contribution in [0.5, 0.6) is 0 Å². The highest BCUT2D eigenvalue weighted by molar-refractivity contribution is 6.10. The fourth-order valence-electron chi connectivity index (χ4n) is 2.87. The van der Waals surface area contributed by atoms with Gasteiger partial charge in [-0.25, -0.2) is 0 Å². The Morgan fingerprint density at radius 1 is 1.17 bits per heavy atom. The minimum atomic E-state index is 0.0734. The molecule has 0 aliphatic heterocycles. The molecule has 5 N–H and O–H groups in total. The zero-order valence-electron chi connectivity index (χ0n) is 13.3. The maximum atomic E-state index is 7.72. The molecule has 0 aliphatic rings. The van der Waals surface area contributed by atoms with Gasteiger partial charge in [0.25, 0.3) is 0 Å². The molecule has 1 heterocycles. The number of benzene rings is 2. The first-order chi connectivity index (χ1) is 11.1. The molecule has 0 fully saturated rings. The first-order valence-electron chi connectivity index (χ1n) is 7.55. The molecule has 0 saturated carbocycles. The fourth-order valence-corrected chi connectivity index (χ4v) is 2.87. The van der Waals surface area contributed by atoms with Crippen LogP contribution in [0.1, 0.15) is 18.1 Å². The normalized spacial score (nSPS) is 11.2. The number of aromatic amines is 1. The SMILES string of the molecule is CC=CNc1cccc(-c2ccc(C(=N)N)c3[nH]ccc23)c1C. The van der Waals surface area contributed by atoms with Crippen molar-refractivity contribution in [3.8, 4) is 11.1 Å². The first-order valence-corrected chi connectivity index (χ1v) is 7.55. The molecule has 0 amide bonds. The molecule has 1 aromatic heterocycles. The van der Waals surface area contributed by atoms with Crippen LogP contribution < -0.4 is 11.1 Å². The summed E-state index contributed by atoms with van der Waals surface area (Å²) in [5.74, 6) is 0.0734. The van der Waals surface area contributed by atoms with Gasteiger partial charge in [0.1, 0.15) is 5.84 Å². The number of allylic oxidation sites excluding steroid dienone is 1. The van der Waals surface area contributed by atoms with Gasteiger partial charge in [-0.3, -0.25) is 5.41 Å².